The highest BCUT2D eigenvalue weighted by atomic mass is 16.5. The van der Waals surface area contributed by atoms with Crippen molar-refractivity contribution in [3.63, 3.8) is 0 Å². The Morgan fingerprint density at radius 3 is 3.00 bits per heavy atom. The van der Waals surface area contributed by atoms with Crippen molar-refractivity contribution in [1.29, 1.82) is 0 Å². The maximum Gasteiger partial charge on any atom is 0.317 e. The molecular weight excluding hydrogens is 166 g/mol. The monoisotopic (exact) mass is 181 g/mol. The number of nitrogens with zero attached hydrogens (tertiary/aromatic N) is 1. The van der Waals surface area contributed by atoms with E-state index in [9.17, 15) is 4.79 Å². The van der Waals surface area contributed by atoms with Gasteiger partial charge in [0.15, 0.2) is 0 Å². The van der Waals surface area contributed by atoms with Gasteiger partial charge in [0.25, 0.3) is 0 Å². The fourth-order valence-electron chi connectivity index (χ4n) is 2.55. The molecule has 2 rings (SSSR count). The van der Waals surface area contributed by atoms with E-state index in [1.165, 1.54) is 7.11 Å². The molecule has 0 saturated heterocycles. The predicted molar refractivity (Wildman–Crippen MR) is 49.8 cm³/mol. The maximum atomic E-state index is 11.7. The van der Waals surface area contributed by atoms with Gasteiger partial charge in [0.2, 0.25) is 0 Å². The summed E-state index contributed by atoms with van der Waals surface area (Å²) in [7, 11) is 1.47. The van der Waals surface area contributed by atoms with E-state index in [0.717, 1.165) is 44.4 Å². The van der Waals surface area contributed by atoms with Crippen LogP contribution in [0.5, 0.6) is 0 Å². The van der Waals surface area contributed by atoms with Crippen LogP contribution in [0.1, 0.15) is 32.1 Å². The third kappa shape index (κ3) is 1.18. The number of hydrogen-bond acceptors (Lipinski definition) is 3. The fourth-order valence-corrected chi connectivity index (χ4v) is 2.55. The average molecular weight is 181 g/mol. The van der Waals surface area contributed by atoms with Crippen LogP contribution >= 0.6 is 0 Å². The lowest BCUT2D eigenvalue weighted by Crippen LogP contribution is -2.38. The van der Waals surface area contributed by atoms with E-state index >= 15 is 0 Å². The van der Waals surface area contributed by atoms with E-state index in [0.29, 0.717) is 0 Å². The van der Waals surface area contributed by atoms with Crippen LogP contribution in [0.3, 0.4) is 0 Å². The van der Waals surface area contributed by atoms with E-state index in [1.807, 2.05) is 0 Å². The van der Waals surface area contributed by atoms with E-state index in [2.05, 4.69) is 4.99 Å². The molecule has 72 valence electrons. The lowest BCUT2D eigenvalue weighted by atomic mass is 9.78. The lowest BCUT2D eigenvalue weighted by Gasteiger charge is -2.29. The van der Waals surface area contributed by atoms with Crippen LogP contribution in [0, 0.1) is 5.41 Å². The minimum absolute atomic E-state index is 0.0662. The van der Waals surface area contributed by atoms with Crippen molar-refractivity contribution in [2.45, 2.75) is 32.1 Å². The van der Waals surface area contributed by atoms with Crippen molar-refractivity contribution in [2.24, 2.45) is 10.4 Å². The van der Waals surface area contributed by atoms with Gasteiger partial charge in [0.05, 0.1) is 7.11 Å². The second kappa shape index (κ2) is 3.13. The van der Waals surface area contributed by atoms with Crippen LogP contribution in [0.15, 0.2) is 4.99 Å². The number of methoxy groups -OCH3 is 1. The van der Waals surface area contributed by atoms with Crippen molar-refractivity contribution in [1.82, 2.24) is 0 Å². The largest absolute Gasteiger partial charge is 0.468 e. The zero-order chi connectivity index (χ0) is 9.31. The Balaban J connectivity index is 2.32. The lowest BCUT2D eigenvalue weighted by molar-refractivity contribution is -0.149. The topological polar surface area (TPSA) is 38.7 Å². The molecule has 1 heterocycles. The van der Waals surface area contributed by atoms with Gasteiger partial charge in [-0.05, 0) is 32.1 Å². The molecule has 0 amide bonds. The highest BCUT2D eigenvalue weighted by Gasteiger charge is 2.48. The summed E-state index contributed by atoms with van der Waals surface area (Å²) >= 11 is 0. The van der Waals surface area contributed by atoms with E-state index in [1.54, 1.807) is 0 Å². The SMILES string of the molecule is COC(=O)C12CCCN=C1CCC2. The Morgan fingerprint density at radius 1 is 1.46 bits per heavy atom. The number of ether oxygens (including phenoxy) is 1. The Kier molecular flexibility index (Phi) is 2.10. The second-order valence-corrected chi connectivity index (χ2v) is 3.86. The minimum atomic E-state index is -0.312. The number of aliphatic imine (C=N–C) groups is 1. The number of carbonyl (C=O) groups is 1. The molecule has 1 aliphatic heterocycles. The van der Waals surface area contributed by atoms with Gasteiger partial charge in [-0.25, -0.2) is 0 Å². The van der Waals surface area contributed by atoms with E-state index in [4.69, 9.17) is 4.74 Å². The van der Waals surface area contributed by atoms with Gasteiger partial charge in [-0.2, -0.15) is 0 Å². The first-order chi connectivity index (χ1) is 6.29. The first-order valence-electron chi connectivity index (χ1n) is 4.92. The number of esters is 1. The van der Waals surface area contributed by atoms with E-state index in [-0.39, 0.29) is 11.4 Å². The molecule has 1 aliphatic carbocycles. The molecule has 1 unspecified atom stereocenters. The quantitative estimate of drug-likeness (QED) is 0.576. The van der Waals surface area contributed by atoms with Crippen molar-refractivity contribution in [3.8, 4) is 0 Å². The summed E-state index contributed by atoms with van der Waals surface area (Å²) in [5.41, 5.74) is 0.790. The molecule has 3 nitrogen and oxygen atoms in total. The predicted octanol–water partition coefficient (Wildman–Crippen LogP) is 1.56. The summed E-state index contributed by atoms with van der Waals surface area (Å²) < 4.78 is 4.87. The molecule has 0 aromatic carbocycles. The second-order valence-electron chi connectivity index (χ2n) is 3.86. The zero-order valence-corrected chi connectivity index (χ0v) is 8.01. The van der Waals surface area contributed by atoms with Crippen LogP contribution in [0.4, 0.5) is 0 Å². The van der Waals surface area contributed by atoms with Gasteiger partial charge in [-0.3, -0.25) is 9.79 Å². The van der Waals surface area contributed by atoms with Crippen molar-refractivity contribution in [2.75, 3.05) is 13.7 Å². The van der Waals surface area contributed by atoms with Crippen LogP contribution < -0.4 is 0 Å². The fraction of sp³-hybridized carbons (Fsp3) is 0.800. The maximum absolute atomic E-state index is 11.7. The molecule has 0 aromatic rings. The third-order valence-corrected chi connectivity index (χ3v) is 3.21. The molecule has 13 heavy (non-hydrogen) atoms. The number of fused-ring (bicyclic) bond motifs is 1. The summed E-state index contributed by atoms with van der Waals surface area (Å²) in [6, 6.07) is 0. The molecule has 2 aliphatic rings. The highest BCUT2D eigenvalue weighted by Crippen LogP contribution is 2.43. The van der Waals surface area contributed by atoms with Crippen molar-refractivity contribution < 1.29 is 9.53 Å². The number of carbonyl (C=O) groups excluding carboxylic acids is 1. The van der Waals surface area contributed by atoms with Gasteiger partial charge in [-0.15, -0.1) is 0 Å². The van der Waals surface area contributed by atoms with Gasteiger partial charge >= 0.3 is 5.97 Å². The number of hydrogen-bond donors (Lipinski definition) is 0. The van der Waals surface area contributed by atoms with Crippen LogP contribution in [-0.4, -0.2) is 25.3 Å². The summed E-state index contributed by atoms with van der Waals surface area (Å²) in [6.07, 6.45) is 5.00. The normalized spacial score (nSPS) is 32.2. The molecule has 3 heteroatoms. The Labute approximate surface area is 78.2 Å². The highest BCUT2D eigenvalue weighted by molar-refractivity contribution is 6.08. The first kappa shape index (κ1) is 8.73. The average Bonchev–Trinajstić information content (AvgIpc) is 2.61. The summed E-state index contributed by atoms with van der Waals surface area (Å²) in [5.74, 6) is -0.0662. The molecule has 0 N–H and O–H groups in total. The van der Waals surface area contributed by atoms with Gasteiger partial charge in [0.1, 0.15) is 5.41 Å². The summed E-state index contributed by atoms with van der Waals surface area (Å²) in [4.78, 5) is 16.1. The molecule has 0 bridgehead atoms. The van der Waals surface area contributed by atoms with E-state index < -0.39 is 0 Å². The Hall–Kier alpha value is -0.860. The molecule has 0 radical (unpaired) electrons. The molecule has 1 fully saturated rings. The molecule has 1 atom stereocenters. The molecule has 0 spiro atoms. The summed E-state index contributed by atoms with van der Waals surface area (Å²) in [5, 5.41) is 0. The van der Waals surface area contributed by atoms with Crippen molar-refractivity contribution in [3.05, 3.63) is 0 Å². The minimum Gasteiger partial charge on any atom is -0.468 e. The summed E-state index contributed by atoms with van der Waals surface area (Å²) in [6.45, 7) is 0.897. The molecular formula is C10H15NO2. The number of rotatable bonds is 1. The third-order valence-electron chi connectivity index (χ3n) is 3.21. The van der Waals surface area contributed by atoms with Gasteiger partial charge in [0, 0.05) is 12.3 Å². The Morgan fingerprint density at radius 2 is 2.23 bits per heavy atom. The molecule has 1 saturated carbocycles. The van der Waals surface area contributed by atoms with Crippen molar-refractivity contribution >= 4 is 11.7 Å². The first-order valence-corrected chi connectivity index (χ1v) is 4.92. The smallest absolute Gasteiger partial charge is 0.317 e. The van der Waals surface area contributed by atoms with Gasteiger partial charge in [-0.1, -0.05) is 0 Å². The standard InChI is InChI=1S/C10H15NO2/c1-13-9(12)10-5-2-4-8(10)11-7-3-6-10/h2-7H2,1H3. The van der Waals surface area contributed by atoms with Gasteiger partial charge < -0.3 is 4.74 Å². The Bertz CT molecular complexity index is 260. The van der Waals surface area contributed by atoms with Crippen LogP contribution in [-0.2, 0) is 9.53 Å². The van der Waals surface area contributed by atoms with Crippen LogP contribution in [0.2, 0.25) is 0 Å². The molecule has 0 aromatic heterocycles. The van der Waals surface area contributed by atoms with Crippen LogP contribution in [0.25, 0.3) is 0 Å². The zero-order valence-electron chi connectivity index (χ0n) is 8.01.